The largest absolute Gasteiger partial charge is 0.617 e. The molecule has 7 nitrogen and oxygen atoms in total. The summed E-state index contributed by atoms with van der Waals surface area (Å²) in [5.41, 5.74) is 1.73. The van der Waals surface area contributed by atoms with Crippen molar-refractivity contribution in [1.82, 2.24) is 5.32 Å². The highest BCUT2D eigenvalue weighted by molar-refractivity contribution is 5.85. The van der Waals surface area contributed by atoms with Crippen LogP contribution in [0.25, 0.3) is 22.3 Å². The summed E-state index contributed by atoms with van der Waals surface area (Å²) >= 11 is 0. The molecule has 3 aromatic rings. The molecular weight excluding hydrogens is 378 g/mol. The van der Waals surface area contributed by atoms with Crippen LogP contribution in [0.1, 0.15) is 12.6 Å². The smallest absolute Gasteiger partial charge is 0.369 e. The number of piperazine rings is 1. The summed E-state index contributed by atoms with van der Waals surface area (Å²) < 4.78 is 1.25. The fraction of sp³-hybridized carbons (Fsp3) is 0.250. The summed E-state index contributed by atoms with van der Waals surface area (Å²) in [7, 11) is 0. The predicted octanol–water partition coefficient (Wildman–Crippen LogP) is 1.87. The number of hydrogen-bond donors (Lipinski definition) is 1. The summed E-state index contributed by atoms with van der Waals surface area (Å²) in [6, 6.07) is 16.2. The van der Waals surface area contributed by atoms with Crippen LogP contribution in [-0.4, -0.2) is 25.7 Å². The highest BCUT2D eigenvalue weighted by Crippen LogP contribution is 2.24. The molecule has 1 aliphatic rings. The number of fused-ring (bicyclic) bond motifs is 1. The first-order valence-corrected chi connectivity index (χ1v) is 8.87. The number of rotatable bonds is 2. The normalized spacial score (nSPS) is 16.4. The minimum atomic E-state index is -0.200. The molecule has 1 aliphatic heterocycles. The average Bonchev–Trinajstić information content (AvgIpc) is 2.70. The van der Waals surface area contributed by atoms with Crippen LogP contribution in [0, 0.1) is 21.7 Å². The van der Waals surface area contributed by atoms with Crippen LogP contribution in [0.4, 0.5) is 5.69 Å². The number of hydrogen-bond acceptors (Lipinski definition) is 5. The van der Waals surface area contributed by atoms with E-state index in [4.69, 9.17) is 0 Å². The van der Waals surface area contributed by atoms with E-state index in [0.29, 0.717) is 21.1 Å². The Balaban J connectivity index is 0.00000225. The first-order chi connectivity index (χ1) is 13.1. The quantitative estimate of drug-likeness (QED) is 0.526. The van der Waals surface area contributed by atoms with E-state index >= 15 is 0 Å². The fourth-order valence-corrected chi connectivity index (χ4v) is 3.59. The molecule has 1 fully saturated rings. The van der Waals surface area contributed by atoms with E-state index in [1.54, 1.807) is 36.4 Å². The van der Waals surface area contributed by atoms with Crippen molar-refractivity contribution < 1.29 is 9.46 Å². The van der Waals surface area contributed by atoms with E-state index in [2.05, 4.69) is 17.1 Å². The van der Waals surface area contributed by atoms with Gasteiger partial charge < -0.3 is 20.6 Å². The monoisotopic (exact) mass is 397 g/mol. The van der Waals surface area contributed by atoms with Crippen molar-refractivity contribution in [3.05, 3.63) is 64.6 Å². The van der Waals surface area contributed by atoms with Gasteiger partial charge in [0, 0.05) is 43.5 Å². The fourth-order valence-electron chi connectivity index (χ4n) is 3.59. The van der Waals surface area contributed by atoms with Crippen LogP contribution >= 0.6 is 12.4 Å². The highest BCUT2D eigenvalue weighted by atomic mass is 35.5. The lowest BCUT2D eigenvalue weighted by Crippen LogP contribution is -2.49. The Morgan fingerprint density at radius 1 is 1.11 bits per heavy atom. The zero-order valence-electron chi connectivity index (χ0n) is 15.3. The van der Waals surface area contributed by atoms with Gasteiger partial charge in [-0.2, -0.15) is 9.99 Å². The van der Waals surface area contributed by atoms with Crippen molar-refractivity contribution in [3.63, 3.8) is 0 Å². The molecule has 0 radical (unpaired) electrons. The van der Waals surface area contributed by atoms with Crippen molar-refractivity contribution in [2.75, 3.05) is 24.5 Å². The molecule has 0 aliphatic carbocycles. The summed E-state index contributed by atoms with van der Waals surface area (Å²) in [5.74, 6) is 0. The van der Waals surface area contributed by atoms with E-state index in [0.717, 1.165) is 25.3 Å². The molecule has 1 aromatic heterocycles. The molecule has 4 rings (SSSR count). The summed E-state index contributed by atoms with van der Waals surface area (Å²) in [4.78, 5) is 2.17. The second kappa shape index (κ2) is 7.89. The number of nitrogens with zero attached hydrogens (tertiary/aromatic N) is 4. The molecule has 2 heterocycles. The molecule has 0 bridgehead atoms. The topological polar surface area (TPSA) is 92.9 Å². The SMILES string of the molecule is CC1CN(c2ccc3c(c2)[n+]([O-])c(C#N)c(-c2ccccc2)[n+]3[O-])CCN1.Cl. The third kappa shape index (κ3) is 3.28. The van der Waals surface area contributed by atoms with E-state index in [1.807, 2.05) is 18.2 Å². The van der Waals surface area contributed by atoms with Crippen LogP contribution in [0.5, 0.6) is 0 Å². The molecule has 28 heavy (non-hydrogen) atoms. The number of anilines is 1. The van der Waals surface area contributed by atoms with Crippen molar-refractivity contribution in [2.45, 2.75) is 13.0 Å². The van der Waals surface area contributed by atoms with Crippen LogP contribution in [-0.2, 0) is 0 Å². The van der Waals surface area contributed by atoms with E-state index < -0.39 is 0 Å². The molecule has 8 heteroatoms. The number of benzene rings is 2. The van der Waals surface area contributed by atoms with Crippen molar-refractivity contribution in [1.29, 1.82) is 5.26 Å². The zero-order valence-corrected chi connectivity index (χ0v) is 16.1. The molecular formula is C20H20ClN5O2. The summed E-state index contributed by atoms with van der Waals surface area (Å²) in [6.07, 6.45) is 0. The van der Waals surface area contributed by atoms with Gasteiger partial charge in [-0.3, -0.25) is 0 Å². The van der Waals surface area contributed by atoms with Gasteiger partial charge in [-0.05, 0) is 25.1 Å². The molecule has 2 aromatic carbocycles. The van der Waals surface area contributed by atoms with Crippen LogP contribution in [0.15, 0.2) is 48.5 Å². The molecule has 144 valence electrons. The van der Waals surface area contributed by atoms with E-state index in [1.165, 1.54) is 0 Å². The minimum absolute atomic E-state index is 0. The molecule has 0 spiro atoms. The van der Waals surface area contributed by atoms with Crippen LogP contribution in [0.2, 0.25) is 0 Å². The molecule has 1 unspecified atom stereocenters. The lowest BCUT2D eigenvalue weighted by molar-refractivity contribution is -0.622. The van der Waals surface area contributed by atoms with Crippen molar-refractivity contribution >= 4 is 29.1 Å². The predicted molar refractivity (Wildman–Crippen MR) is 109 cm³/mol. The zero-order chi connectivity index (χ0) is 19.0. The Morgan fingerprint density at radius 3 is 2.54 bits per heavy atom. The first-order valence-electron chi connectivity index (χ1n) is 8.87. The van der Waals surface area contributed by atoms with Gasteiger partial charge in [0.15, 0.2) is 6.07 Å². The van der Waals surface area contributed by atoms with E-state index in [-0.39, 0.29) is 34.8 Å². The lowest BCUT2D eigenvalue weighted by Gasteiger charge is -2.33. The van der Waals surface area contributed by atoms with Gasteiger partial charge in [-0.1, -0.05) is 18.2 Å². The third-order valence-corrected chi connectivity index (χ3v) is 4.91. The Morgan fingerprint density at radius 2 is 1.86 bits per heavy atom. The second-order valence-corrected chi connectivity index (χ2v) is 6.74. The number of nitriles is 1. The summed E-state index contributed by atoms with van der Waals surface area (Å²) in [5, 5.41) is 38.8. The Hall–Kier alpha value is -3.08. The second-order valence-electron chi connectivity index (χ2n) is 6.74. The molecule has 0 amide bonds. The van der Waals surface area contributed by atoms with Gasteiger partial charge in [0.25, 0.3) is 11.0 Å². The average molecular weight is 398 g/mol. The standard InChI is InChI=1S/C20H19N5O2.ClH/c1-14-13-23(10-9-22-14)16-7-8-17-18(11-16)24(26)19(12-21)20(25(17)27)15-5-3-2-4-6-15;/h2-8,11,14,22H,9-10,13H2,1H3;1H. The molecule has 0 saturated carbocycles. The maximum atomic E-state index is 13.0. The summed E-state index contributed by atoms with van der Waals surface area (Å²) in [6.45, 7) is 4.59. The third-order valence-electron chi connectivity index (χ3n) is 4.91. The lowest BCUT2D eigenvalue weighted by atomic mass is 10.1. The van der Waals surface area contributed by atoms with Crippen LogP contribution in [0.3, 0.4) is 0 Å². The molecule has 1 N–H and O–H groups in total. The van der Waals surface area contributed by atoms with Gasteiger partial charge in [0.05, 0.1) is 5.56 Å². The van der Waals surface area contributed by atoms with E-state index in [9.17, 15) is 15.7 Å². The van der Waals surface area contributed by atoms with Gasteiger partial charge in [-0.25, -0.2) is 0 Å². The number of aromatic nitrogens is 2. The van der Waals surface area contributed by atoms with Gasteiger partial charge >= 0.3 is 11.4 Å². The highest BCUT2D eigenvalue weighted by Gasteiger charge is 2.30. The van der Waals surface area contributed by atoms with Crippen molar-refractivity contribution in [3.8, 4) is 17.3 Å². The molecule has 1 saturated heterocycles. The Bertz CT molecular complexity index is 1050. The van der Waals surface area contributed by atoms with Gasteiger partial charge in [0.2, 0.25) is 0 Å². The number of halogens is 1. The van der Waals surface area contributed by atoms with Crippen LogP contribution < -0.4 is 19.7 Å². The number of nitrogens with one attached hydrogen (secondary N) is 1. The maximum Gasteiger partial charge on any atom is 0.369 e. The minimum Gasteiger partial charge on any atom is -0.617 e. The molecule has 1 atom stereocenters. The Labute approximate surface area is 169 Å². The van der Waals surface area contributed by atoms with Gasteiger partial charge in [-0.15, -0.1) is 17.1 Å². The first kappa shape index (κ1) is 19.7. The van der Waals surface area contributed by atoms with Gasteiger partial charge in [0.1, 0.15) is 0 Å². The van der Waals surface area contributed by atoms with Crippen molar-refractivity contribution in [2.24, 2.45) is 0 Å². The Kier molecular flexibility index (Phi) is 5.54. The maximum absolute atomic E-state index is 13.0.